The number of hydrogen-bond donors (Lipinski definition) is 0. The zero-order valence-corrected chi connectivity index (χ0v) is 9.74. The summed E-state index contributed by atoms with van der Waals surface area (Å²) in [5.41, 5.74) is -1.52. The van der Waals surface area contributed by atoms with Crippen LogP contribution in [0.2, 0.25) is 0 Å². The minimum Gasteiger partial charge on any atom is -0.405 e. The molecule has 0 radical (unpaired) electrons. The largest absolute Gasteiger partial charge is 0.573 e. The lowest BCUT2D eigenvalue weighted by Gasteiger charge is -2.15. The fraction of sp³-hybridized carbons (Fsp3) is 0.250. The average Bonchev–Trinajstić information content (AvgIpc) is 2.06. The van der Waals surface area contributed by atoms with E-state index >= 15 is 0 Å². The molecular weight excluding hydrogens is 372 g/mol. The summed E-state index contributed by atoms with van der Waals surface area (Å²) in [5, 5.41) is 0. The highest BCUT2D eigenvalue weighted by molar-refractivity contribution is 14.1. The third kappa shape index (κ3) is 3.89. The summed E-state index contributed by atoms with van der Waals surface area (Å²) < 4.78 is 87.8. The van der Waals surface area contributed by atoms with E-state index in [1.165, 1.54) is 0 Å². The number of hydrogen-bond acceptors (Lipinski definition) is 1. The minimum atomic E-state index is -5.18. The maximum Gasteiger partial charge on any atom is 0.573 e. The van der Waals surface area contributed by atoms with Crippen LogP contribution in [0, 0.1) is 9.39 Å². The van der Waals surface area contributed by atoms with E-state index in [1.54, 1.807) is 0 Å². The zero-order chi connectivity index (χ0) is 13.4. The molecule has 1 aromatic carbocycles. The van der Waals surface area contributed by atoms with Gasteiger partial charge in [-0.05, 0) is 28.7 Å². The molecule has 0 aromatic heterocycles. The molecule has 0 amide bonds. The first-order chi connectivity index (χ1) is 7.50. The van der Waals surface area contributed by atoms with Crippen molar-refractivity contribution in [2.75, 3.05) is 0 Å². The molecule has 0 aliphatic rings. The predicted molar refractivity (Wildman–Crippen MR) is 50.8 cm³/mol. The molecule has 0 fully saturated rings. The molecule has 0 spiro atoms. The maximum absolute atomic E-state index is 12.8. The Hall–Kier alpha value is -0.740. The molecule has 96 valence electrons. The molecule has 0 aliphatic carbocycles. The van der Waals surface area contributed by atoms with Crippen molar-refractivity contribution >= 4 is 22.6 Å². The molecule has 0 bridgehead atoms. The van der Waals surface area contributed by atoms with Gasteiger partial charge in [0.25, 0.3) is 0 Å². The molecule has 9 heteroatoms. The van der Waals surface area contributed by atoms with E-state index < -0.39 is 33.2 Å². The fourth-order valence-corrected chi connectivity index (χ4v) is 1.70. The highest BCUT2D eigenvalue weighted by atomic mass is 127. The number of benzene rings is 1. The maximum atomic E-state index is 12.8. The fourth-order valence-electron chi connectivity index (χ4n) is 0.969. The van der Waals surface area contributed by atoms with Crippen molar-refractivity contribution in [1.82, 2.24) is 0 Å². The number of halogens is 8. The monoisotopic (exact) mass is 374 g/mol. The molecule has 0 saturated heterocycles. The topological polar surface area (TPSA) is 9.23 Å². The van der Waals surface area contributed by atoms with Crippen molar-refractivity contribution in [3.05, 3.63) is 27.1 Å². The summed E-state index contributed by atoms with van der Waals surface area (Å²) in [5.74, 6) is -2.68. The van der Waals surface area contributed by atoms with E-state index in [9.17, 15) is 30.7 Å². The van der Waals surface area contributed by atoms with Gasteiger partial charge in [0.2, 0.25) is 0 Å². The van der Waals surface area contributed by atoms with Crippen LogP contribution in [0.4, 0.5) is 30.7 Å². The van der Waals surface area contributed by atoms with Gasteiger partial charge in [-0.25, -0.2) is 4.39 Å². The highest BCUT2D eigenvalue weighted by Crippen LogP contribution is 2.39. The number of alkyl halides is 6. The van der Waals surface area contributed by atoms with Crippen molar-refractivity contribution in [1.29, 1.82) is 0 Å². The molecule has 0 saturated carbocycles. The Morgan fingerprint density at radius 2 is 1.53 bits per heavy atom. The van der Waals surface area contributed by atoms with Crippen molar-refractivity contribution in [3.8, 4) is 5.75 Å². The molecule has 0 heterocycles. The second-order valence-corrected chi connectivity index (χ2v) is 3.89. The van der Waals surface area contributed by atoms with E-state index in [0.29, 0.717) is 0 Å². The van der Waals surface area contributed by atoms with Gasteiger partial charge in [0.1, 0.15) is 11.6 Å². The van der Waals surface area contributed by atoms with Gasteiger partial charge < -0.3 is 4.74 Å². The van der Waals surface area contributed by atoms with Gasteiger partial charge in [-0.3, -0.25) is 0 Å². The van der Waals surface area contributed by atoms with E-state index in [4.69, 9.17) is 0 Å². The summed E-state index contributed by atoms with van der Waals surface area (Å²) in [6.45, 7) is 0. The standard InChI is InChI=1S/C8H2F7IO/c9-3-1-4(7(10,11)12)6(16)5(2-3)17-8(13,14)15/h1-2H. The molecule has 0 atom stereocenters. The van der Waals surface area contributed by atoms with Gasteiger partial charge in [0.15, 0.2) is 0 Å². The summed E-state index contributed by atoms with van der Waals surface area (Å²) in [7, 11) is 0. The lowest BCUT2D eigenvalue weighted by Crippen LogP contribution is -2.19. The molecule has 1 rings (SSSR count). The summed E-state index contributed by atoms with van der Waals surface area (Å²) >= 11 is 1.01. The average molecular weight is 374 g/mol. The molecule has 17 heavy (non-hydrogen) atoms. The van der Waals surface area contributed by atoms with Crippen LogP contribution < -0.4 is 4.74 Å². The highest BCUT2D eigenvalue weighted by Gasteiger charge is 2.38. The summed E-state index contributed by atoms with van der Waals surface area (Å²) in [4.78, 5) is 0. The van der Waals surface area contributed by atoms with Crippen LogP contribution in [-0.4, -0.2) is 6.36 Å². The Bertz CT molecular complexity index is 423. The van der Waals surface area contributed by atoms with E-state index in [2.05, 4.69) is 4.74 Å². The zero-order valence-electron chi connectivity index (χ0n) is 7.59. The molecule has 0 unspecified atom stereocenters. The van der Waals surface area contributed by atoms with Crippen LogP contribution in [0.25, 0.3) is 0 Å². The van der Waals surface area contributed by atoms with Gasteiger partial charge >= 0.3 is 12.5 Å². The third-order valence-electron chi connectivity index (χ3n) is 1.54. The lowest BCUT2D eigenvalue weighted by molar-refractivity contribution is -0.275. The molecule has 1 aromatic rings. The summed E-state index contributed by atoms with van der Waals surface area (Å²) in [6, 6.07) is 0.343. The summed E-state index contributed by atoms with van der Waals surface area (Å²) in [6.07, 6.45) is -10.1. The normalized spacial score (nSPS) is 12.7. The van der Waals surface area contributed by atoms with Crippen molar-refractivity contribution in [3.63, 3.8) is 0 Å². The number of rotatable bonds is 1. The Kier molecular flexibility index (Phi) is 3.79. The van der Waals surface area contributed by atoms with Crippen LogP contribution in [0.3, 0.4) is 0 Å². The Morgan fingerprint density at radius 3 is 1.94 bits per heavy atom. The van der Waals surface area contributed by atoms with Gasteiger partial charge in [0, 0.05) is 6.07 Å². The Morgan fingerprint density at radius 1 is 1.00 bits per heavy atom. The van der Waals surface area contributed by atoms with Crippen molar-refractivity contribution in [2.45, 2.75) is 12.5 Å². The van der Waals surface area contributed by atoms with Crippen LogP contribution in [0.15, 0.2) is 12.1 Å². The molecule has 0 aliphatic heterocycles. The minimum absolute atomic E-state index is 0.102. The molecule has 0 N–H and O–H groups in total. The first kappa shape index (κ1) is 14.3. The van der Waals surface area contributed by atoms with Crippen molar-refractivity contribution < 1.29 is 35.5 Å². The van der Waals surface area contributed by atoms with E-state index in [-0.39, 0.29) is 12.1 Å². The van der Waals surface area contributed by atoms with Crippen LogP contribution in [0.5, 0.6) is 5.75 Å². The SMILES string of the molecule is Fc1cc(OC(F)(F)F)c(I)c(C(F)(F)F)c1. The number of ether oxygens (including phenoxy) is 1. The molecule has 1 nitrogen and oxygen atoms in total. The second kappa shape index (κ2) is 4.50. The lowest BCUT2D eigenvalue weighted by atomic mass is 10.2. The Balaban J connectivity index is 3.29. The first-order valence-electron chi connectivity index (χ1n) is 3.82. The van der Waals surface area contributed by atoms with E-state index in [0.717, 1.165) is 22.6 Å². The van der Waals surface area contributed by atoms with Gasteiger partial charge in [-0.15, -0.1) is 13.2 Å². The smallest absolute Gasteiger partial charge is 0.405 e. The third-order valence-corrected chi connectivity index (χ3v) is 2.65. The second-order valence-electron chi connectivity index (χ2n) is 2.81. The van der Waals surface area contributed by atoms with Gasteiger partial charge in [-0.2, -0.15) is 13.2 Å². The quantitative estimate of drug-likeness (QED) is 0.525. The van der Waals surface area contributed by atoms with Crippen molar-refractivity contribution in [2.24, 2.45) is 0 Å². The molecular formula is C8H2F7IO. The predicted octanol–water partition coefficient (Wildman–Crippen LogP) is 4.35. The van der Waals surface area contributed by atoms with Gasteiger partial charge in [-0.1, -0.05) is 0 Å². The van der Waals surface area contributed by atoms with E-state index in [1.807, 2.05) is 0 Å². The van der Waals surface area contributed by atoms with Crippen LogP contribution >= 0.6 is 22.6 Å². The van der Waals surface area contributed by atoms with Crippen LogP contribution in [0.1, 0.15) is 5.56 Å². The van der Waals surface area contributed by atoms with Crippen LogP contribution in [-0.2, 0) is 6.18 Å². The van der Waals surface area contributed by atoms with Gasteiger partial charge in [0.05, 0.1) is 9.13 Å². The Labute approximate surface area is 104 Å². The first-order valence-corrected chi connectivity index (χ1v) is 4.90.